The Balaban J connectivity index is 2.01. The highest BCUT2D eigenvalue weighted by Crippen LogP contribution is 2.38. The Bertz CT molecular complexity index is 1030. The molecule has 2 heterocycles. The van der Waals surface area contributed by atoms with Crippen molar-refractivity contribution in [2.45, 2.75) is 18.9 Å². The number of hydrogen-bond acceptors (Lipinski definition) is 10. The van der Waals surface area contributed by atoms with Gasteiger partial charge in [-0.15, -0.1) is 0 Å². The minimum Gasteiger partial charge on any atom is -0.502 e. The van der Waals surface area contributed by atoms with Crippen molar-refractivity contribution in [3.8, 4) is 11.5 Å². The van der Waals surface area contributed by atoms with Gasteiger partial charge in [-0.25, -0.2) is 4.79 Å². The third-order valence-electron chi connectivity index (χ3n) is 5.27. The number of rotatable bonds is 9. The Morgan fingerprint density at radius 1 is 1.12 bits per heavy atom. The topological polar surface area (TPSA) is 125 Å². The van der Waals surface area contributed by atoms with Crippen molar-refractivity contribution in [2.24, 2.45) is 0 Å². The second-order valence-corrected chi connectivity index (χ2v) is 7.41. The van der Waals surface area contributed by atoms with Crippen LogP contribution in [-0.2, 0) is 30.3 Å². The predicted molar refractivity (Wildman–Crippen MR) is 115 cm³/mol. The molecule has 1 aromatic carbocycles. The Hall–Kier alpha value is -3.37. The van der Waals surface area contributed by atoms with E-state index in [1.54, 1.807) is 24.3 Å². The summed E-state index contributed by atoms with van der Waals surface area (Å²) in [5.74, 6) is -2.12. The maximum atomic E-state index is 12.6. The van der Waals surface area contributed by atoms with Gasteiger partial charge in [0.1, 0.15) is 11.5 Å². The molecule has 3 rings (SSSR count). The molecule has 1 fully saturated rings. The molecule has 1 N–H and O–H groups in total. The molecule has 0 saturated carbocycles. The van der Waals surface area contributed by atoms with Crippen LogP contribution in [0.15, 0.2) is 39.5 Å². The zero-order valence-corrected chi connectivity index (χ0v) is 18.6. The van der Waals surface area contributed by atoms with E-state index in [0.29, 0.717) is 44.2 Å². The van der Waals surface area contributed by atoms with E-state index in [0.717, 1.165) is 0 Å². The fourth-order valence-electron chi connectivity index (χ4n) is 3.54. The molecule has 10 nitrogen and oxygen atoms in total. The van der Waals surface area contributed by atoms with E-state index < -0.39 is 29.0 Å². The number of aromatic hydroxyl groups is 1. The van der Waals surface area contributed by atoms with Crippen molar-refractivity contribution in [1.29, 1.82) is 0 Å². The first-order valence-corrected chi connectivity index (χ1v) is 10.4. The lowest BCUT2D eigenvalue weighted by molar-refractivity contribution is -0.143. The summed E-state index contributed by atoms with van der Waals surface area (Å²) in [5.41, 5.74) is -0.184. The summed E-state index contributed by atoms with van der Waals surface area (Å²) < 4.78 is 26.3. The Kier molecular flexibility index (Phi) is 8.45. The molecule has 33 heavy (non-hydrogen) atoms. The summed E-state index contributed by atoms with van der Waals surface area (Å²) in [4.78, 5) is 38.4. The van der Waals surface area contributed by atoms with Gasteiger partial charge in [0, 0.05) is 24.7 Å². The number of morpholine rings is 1. The van der Waals surface area contributed by atoms with E-state index >= 15 is 0 Å². The standard InChI is InChI=1S/C23H27NO9/c1-29-20(26)12-17(16-5-3-4-6-19(16)32-14-21(27)30-2)23-22(28)18(25)11-15(33-23)13-24-7-9-31-10-8-24/h3-6,11,17,28H,7-10,12-14H2,1-2H3. The fourth-order valence-corrected chi connectivity index (χ4v) is 3.54. The van der Waals surface area contributed by atoms with Crippen LogP contribution in [-0.4, -0.2) is 69.1 Å². The Morgan fingerprint density at radius 3 is 2.52 bits per heavy atom. The lowest BCUT2D eigenvalue weighted by atomic mass is 9.91. The molecule has 1 aromatic heterocycles. The van der Waals surface area contributed by atoms with Gasteiger partial charge in [-0.3, -0.25) is 14.5 Å². The lowest BCUT2D eigenvalue weighted by Crippen LogP contribution is -2.35. The van der Waals surface area contributed by atoms with Crippen LogP contribution in [0.4, 0.5) is 0 Å². The van der Waals surface area contributed by atoms with Crippen molar-refractivity contribution >= 4 is 11.9 Å². The third-order valence-corrected chi connectivity index (χ3v) is 5.27. The summed E-state index contributed by atoms with van der Waals surface area (Å²) in [6, 6.07) is 7.90. The number of hydrogen-bond donors (Lipinski definition) is 1. The number of para-hydroxylation sites is 1. The van der Waals surface area contributed by atoms with Gasteiger partial charge in [-0.05, 0) is 6.07 Å². The number of carbonyl (C=O) groups excluding carboxylic acids is 2. The van der Waals surface area contributed by atoms with Crippen LogP contribution in [0.1, 0.15) is 29.4 Å². The molecule has 0 radical (unpaired) electrons. The molecule has 0 spiro atoms. The highest BCUT2D eigenvalue weighted by molar-refractivity contribution is 5.72. The highest BCUT2D eigenvalue weighted by atomic mass is 16.6. The van der Waals surface area contributed by atoms with Gasteiger partial charge in [0.2, 0.25) is 11.2 Å². The molecule has 10 heteroatoms. The number of ether oxygens (including phenoxy) is 4. The minimum absolute atomic E-state index is 0.0784. The molecule has 0 amide bonds. The molecule has 1 saturated heterocycles. The van der Waals surface area contributed by atoms with Gasteiger partial charge < -0.3 is 28.5 Å². The van der Waals surface area contributed by atoms with E-state index in [4.69, 9.17) is 18.6 Å². The van der Waals surface area contributed by atoms with Crippen LogP contribution in [0, 0.1) is 0 Å². The number of carbonyl (C=O) groups is 2. The summed E-state index contributed by atoms with van der Waals surface area (Å²) in [6.07, 6.45) is -0.230. The molecule has 0 bridgehead atoms. The first-order chi connectivity index (χ1) is 15.9. The van der Waals surface area contributed by atoms with Crippen molar-refractivity contribution < 1.29 is 38.1 Å². The molecule has 1 aliphatic rings. The first kappa shape index (κ1) is 24.3. The van der Waals surface area contributed by atoms with E-state index in [2.05, 4.69) is 9.64 Å². The fraction of sp³-hybridized carbons (Fsp3) is 0.435. The van der Waals surface area contributed by atoms with E-state index in [1.165, 1.54) is 20.3 Å². The van der Waals surface area contributed by atoms with Crippen LogP contribution in [0.2, 0.25) is 0 Å². The molecule has 0 aliphatic carbocycles. The normalized spacial score (nSPS) is 15.0. The monoisotopic (exact) mass is 461 g/mol. The third kappa shape index (κ3) is 6.33. The highest BCUT2D eigenvalue weighted by Gasteiger charge is 2.29. The molecular formula is C23H27NO9. The van der Waals surface area contributed by atoms with E-state index in [-0.39, 0.29) is 24.5 Å². The zero-order chi connectivity index (χ0) is 23.8. The number of methoxy groups -OCH3 is 2. The van der Waals surface area contributed by atoms with Gasteiger partial charge in [-0.1, -0.05) is 18.2 Å². The summed E-state index contributed by atoms with van der Waals surface area (Å²) in [7, 11) is 2.48. The molecular weight excluding hydrogens is 434 g/mol. The lowest BCUT2D eigenvalue weighted by Gasteiger charge is -2.26. The van der Waals surface area contributed by atoms with Crippen LogP contribution >= 0.6 is 0 Å². The quantitative estimate of drug-likeness (QED) is 0.548. The van der Waals surface area contributed by atoms with Gasteiger partial charge in [-0.2, -0.15) is 0 Å². The van der Waals surface area contributed by atoms with Crippen molar-refractivity contribution in [2.75, 3.05) is 47.1 Å². The van der Waals surface area contributed by atoms with Crippen LogP contribution < -0.4 is 10.2 Å². The van der Waals surface area contributed by atoms with Gasteiger partial charge in [0.05, 0.1) is 46.3 Å². The van der Waals surface area contributed by atoms with Crippen molar-refractivity contribution in [3.05, 3.63) is 57.6 Å². The molecule has 2 aromatic rings. The molecule has 1 aliphatic heterocycles. The Morgan fingerprint density at radius 2 is 1.82 bits per heavy atom. The van der Waals surface area contributed by atoms with E-state index in [9.17, 15) is 19.5 Å². The second kappa shape index (κ2) is 11.5. The van der Waals surface area contributed by atoms with Crippen LogP contribution in [0.5, 0.6) is 11.5 Å². The van der Waals surface area contributed by atoms with Crippen LogP contribution in [0.3, 0.4) is 0 Å². The largest absolute Gasteiger partial charge is 0.502 e. The van der Waals surface area contributed by atoms with Gasteiger partial charge in [0.15, 0.2) is 12.4 Å². The SMILES string of the molecule is COC(=O)COc1ccccc1C(CC(=O)OC)c1oc(CN2CCOCC2)cc(=O)c1O. The number of esters is 2. The van der Waals surface area contributed by atoms with Crippen molar-refractivity contribution in [3.63, 3.8) is 0 Å². The van der Waals surface area contributed by atoms with E-state index in [1.807, 2.05) is 0 Å². The molecule has 1 unspecified atom stereocenters. The Labute approximate surface area is 190 Å². The number of benzene rings is 1. The maximum absolute atomic E-state index is 12.6. The molecule has 178 valence electrons. The summed E-state index contributed by atoms with van der Waals surface area (Å²) >= 11 is 0. The first-order valence-electron chi connectivity index (χ1n) is 10.4. The molecule has 1 atom stereocenters. The predicted octanol–water partition coefficient (Wildman–Crippen LogP) is 1.42. The zero-order valence-electron chi connectivity index (χ0n) is 18.6. The van der Waals surface area contributed by atoms with Gasteiger partial charge >= 0.3 is 11.9 Å². The summed E-state index contributed by atoms with van der Waals surface area (Å²) in [5, 5.41) is 10.6. The van der Waals surface area contributed by atoms with Gasteiger partial charge in [0.25, 0.3) is 0 Å². The maximum Gasteiger partial charge on any atom is 0.343 e. The number of nitrogens with zero attached hydrogens (tertiary/aromatic N) is 1. The average molecular weight is 461 g/mol. The minimum atomic E-state index is -0.899. The average Bonchev–Trinajstić information content (AvgIpc) is 2.84. The van der Waals surface area contributed by atoms with Crippen LogP contribution in [0.25, 0.3) is 0 Å². The smallest absolute Gasteiger partial charge is 0.343 e. The van der Waals surface area contributed by atoms with Crippen molar-refractivity contribution in [1.82, 2.24) is 4.90 Å². The summed E-state index contributed by atoms with van der Waals surface area (Å²) in [6.45, 7) is 2.49. The second-order valence-electron chi connectivity index (χ2n) is 7.41.